The molecule has 0 unspecified atom stereocenters. The number of nitrogens with zero attached hydrogens (tertiary/aromatic N) is 2. The van der Waals surface area contributed by atoms with Crippen molar-refractivity contribution in [3.63, 3.8) is 0 Å². The fourth-order valence-corrected chi connectivity index (χ4v) is 2.18. The van der Waals surface area contributed by atoms with Crippen LogP contribution in [0.1, 0.15) is 0 Å². The SMILES string of the molecule is Clc1nc(-c2ccsc2)nc(Cl)c1I. The van der Waals surface area contributed by atoms with Crippen molar-refractivity contribution in [1.29, 1.82) is 0 Å². The van der Waals surface area contributed by atoms with Gasteiger partial charge in [-0.25, -0.2) is 9.97 Å². The molecule has 2 aromatic heterocycles. The van der Waals surface area contributed by atoms with Gasteiger partial charge >= 0.3 is 0 Å². The van der Waals surface area contributed by atoms with Crippen LogP contribution in [0.2, 0.25) is 10.3 Å². The van der Waals surface area contributed by atoms with Gasteiger partial charge in [0.25, 0.3) is 0 Å². The molecule has 6 heteroatoms. The summed E-state index contributed by atoms with van der Waals surface area (Å²) in [7, 11) is 0. The first-order valence-corrected chi connectivity index (χ1v) is 6.37. The van der Waals surface area contributed by atoms with E-state index in [0.29, 0.717) is 19.7 Å². The Morgan fingerprint density at radius 1 is 1.21 bits per heavy atom. The first kappa shape index (κ1) is 10.6. The summed E-state index contributed by atoms with van der Waals surface area (Å²) in [5.41, 5.74) is 0.940. The van der Waals surface area contributed by atoms with Gasteiger partial charge < -0.3 is 0 Å². The molecule has 2 nitrogen and oxygen atoms in total. The number of hydrogen-bond acceptors (Lipinski definition) is 3. The monoisotopic (exact) mass is 356 g/mol. The summed E-state index contributed by atoms with van der Waals surface area (Å²) in [6.45, 7) is 0. The fourth-order valence-electron chi connectivity index (χ4n) is 0.915. The molecule has 0 N–H and O–H groups in total. The van der Waals surface area contributed by atoms with Crippen LogP contribution in [0.25, 0.3) is 11.4 Å². The third-order valence-corrected chi connectivity index (χ3v) is 4.44. The molecule has 2 aromatic rings. The lowest BCUT2D eigenvalue weighted by Crippen LogP contribution is -1.92. The highest BCUT2D eigenvalue weighted by Gasteiger charge is 2.10. The Bertz CT molecular complexity index is 435. The van der Waals surface area contributed by atoms with Crippen LogP contribution in [-0.4, -0.2) is 9.97 Å². The number of hydrogen-bond donors (Lipinski definition) is 0. The van der Waals surface area contributed by atoms with Gasteiger partial charge in [-0.2, -0.15) is 11.3 Å². The maximum atomic E-state index is 5.90. The minimum atomic E-state index is 0.395. The standard InChI is InChI=1S/C8H3Cl2IN2S/c9-6-5(11)7(10)13-8(12-6)4-1-2-14-3-4/h1-3H. The van der Waals surface area contributed by atoms with E-state index in [1.54, 1.807) is 11.3 Å². The molecular weight excluding hydrogens is 354 g/mol. The summed E-state index contributed by atoms with van der Waals surface area (Å²) in [5.74, 6) is 0.571. The molecule has 2 rings (SSSR count). The lowest BCUT2D eigenvalue weighted by Gasteiger charge is -2.01. The first-order chi connectivity index (χ1) is 6.68. The quantitative estimate of drug-likeness (QED) is 0.567. The molecule has 0 amide bonds. The van der Waals surface area contributed by atoms with Crippen molar-refractivity contribution in [3.8, 4) is 11.4 Å². The van der Waals surface area contributed by atoms with Crippen LogP contribution in [-0.2, 0) is 0 Å². The Hall–Kier alpha value is 0.0900. The van der Waals surface area contributed by atoms with Gasteiger partial charge in [-0.3, -0.25) is 0 Å². The first-order valence-electron chi connectivity index (χ1n) is 3.59. The van der Waals surface area contributed by atoms with Crippen molar-refractivity contribution >= 4 is 57.1 Å². The lowest BCUT2D eigenvalue weighted by molar-refractivity contribution is 1.16. The Balaban J connectivity index is 2.57. The number of thiophene rings is 1. The van der Waals surface area contributed by atoms with Gasteiger partial charge in [0.05, 0.1) is 3.57 Å². The van der Waals surface area contributed by atoms with E-state index in [2.05, 4.69) is 9.97 Å². The van der Waals surface area contributed by atoms with Crippen LogP contribution >= 0.6 is 57.1 Å². The van der Waals surface area contributed by atoms with Gasteiger partial charge in [0.2, 0.25) is 0 Å². The van der Waals surface area contributed by atoms with Crippen molar-refractivity contribution in [2.24, 2.45) is 0 Å². The predicted octanol–water partition coefficient (Wildman–Crippen LogP) is 4.12. The van der Waals surface area contributed by atoms with Gasteiger partial charge in [0.15, 0.2) is 5.82 Å². The molecule has 72 valence electrons. The molecule has 0 fully saturated rings. The minimum absolute atomic E-state index is 0.395. The Labute approximate surface area is 108 Å². The number of rotatable bonds is 1. The minimum Gasteiger partial charge on any atom is -0.215 e. The molecule has 0 saturated carbocycles. The smallest absolute Gasteiger partial charge is 0.163 e. The maximum Gasteiger partial charge on any atom is 0.163 e. The normalized spacial score (nSPS) is 10.5. The third-order valence-electron chi connectivity index (χ3n) is 1.55. The van der Waals surface area contributed by atoms with Gasteiger partial charge in [0, 0.05) is 10.9 Å². The van der Waals surface area contributed by atoms with E-state index in [9.17, 15) is 0 Å². The second kappa shape index (κ2) is 4.30. The molecule has 0 aliphatic carbocycles. The molecule has 0 bridgehead atoms. The van der Waals surface area contributed by atoms with Crippen LogP contribution in [0.3, 0.4) is 0 Å². The van der Waals surface area contributed by atoms with Crippen molar-refractivity contribution in [2.75, 3.05) is 0 Å². The molecular formula is C8H3Cl2IN2S. The Morgan fingerprint density at radius 3 is 2.36 bits per heavy atom. The summed E-state index contributed by atoms with van der Waals surface area (Å²) in [4.78, 5) is 8.29. The zero-order chi connectivity index (χ0) is 10.1. The number of halogens is 3. The van der Waals surface area contributed by atoms with Gasteiger partial charge in [-0.05, 0) is 34.0 Å². The summed E-state index contributed by atoms with van der Waals surface area (Å²) in [6, 6.07) is 1.93. The van der Waals surface area contributed by atoms with E-state index in [4.69, 9.17) is 23.2 Å². The lowest BCUT2D eigenvalue weighted by atomic mass is 10.3. The van der Waals surface area contributed by atoms with Crippen molar-refractivity contribution < 1.29 is 0 Å². The summed E-state index contributed by atoms with van der Waals surface area (Å²) < 4.78 is 0.685. The zero-order valence-corrected chi connectivity index (χ0v) is 11.2. The average molecular weight is 357 g/mol. The van der Waals surface area contributed by atoms with E-state index in [1.807, 2.05) is 39.4 Å². The van der Waals surface area contributed by atoms with Crippen LogP contribution in [0, 0.1) is 3.57 Å². The van der Waals surface area contributed by atoms with E-state index in [0.717, 1.165) is 5.56 Å². The zero-order valence-electron chi connectivity index (χ0n) is 6.67. The van der Waals surface area contributed by atoms with E-state index in [1.165, 1.54) is 0 Å². The molecule has 0 aliphatic heterocycles. The van der Waals surface area contributed by atoms with Gasteiger partial charge in [-0.1, -0.05) is 23.2 Å². The van der Waals surface area contributed by atoms with Crippen LogP contribution < -0.4 is 0 Å². The van der Waals surface area contributed by atoms with E-state index in [-0.39, 0.29) is 0 Å². The highest BCUT2D eigenvalue weighted by molar-refractivity contribution is 14.1. The van der Waals surface area contributed by atoms with E-state index < -0.39 is 0 Å². The van der Waals surface area contributed by atoms with Crippen LogP contribution in [0.5, 0.6) is 0 Å². The Kier molecular flexibility index (Phi) is 3.26. The highest BCUT2D eigenvalue weighted by atomic mass is 127. The predicted molar refractivity (Wildman–Crippen MR) is 68.1 cm³/mol. The fraction of sp³-hybridized carbons (Fsp3) is 0. The van der Waals surface area contributed by atoms with Gasteiger partial charge in [-0.15, -0.1) is 0 Å². The molecule has 2 heterocycles. The molecule has 0 aromatic carbocycles. The second-order valence-electron chi connectivity index (χ2n) is 2.45. The topological polar surface area (TPSA) is 25.8 Å². The van der Waals surface area contributed by atoms with Crippen LogP contribution in [0.4, 0.5) is 0 Å². The molecule has 0 aliphatic rings. The van der Waals surface area contributed by atoms with Crippen LogP contribution in [0.15, 0.2) is 16.8 Å². The van der Waals surface area contributed by atoms with Crippen molar-refractivity contribution in [2.45, 2.75) is 0 Å². The highest BCUT2D eigenvalue weighted by Crippen LogP contribution is 2.27. The molecule has 0 radical (unpaired) electrons. The largest absolute Gasteiger partial charge is 0.215 e. The second-order valence-corrected chi connectivity index (χ2v) is 5.03. The van der Waals surface area contributed by atoms with E-state index >= 15 is 0 Å². The maximum absolute atomic E-state index is 5.90. The summed E-state index contributed by atoms with van der Waals surface area (Å²) in [5, 5.41) is 4.70. The average Bonchev–Trinajstić information content (AvgIpc) is 2.66. The molecule has 0 atom stereocenters. The molecule has 0 saturated heterocycles. The molecule has 0 spiro atoms. The Morgan fingerprint density at radius 2 is 1.86 bits per heavy atom. The van der Waals surface area contributed by atoms with Crippen molar-refractivity contribution in [3.05, 3.63) is 30.7 Å². The van der Waals surface area contributed by atoms with Crippen molar-refractivity contribution in [1.82, 2.24) is 9.97 Å². The summed E-state index contributed by atoms with van der Waals surface area (Å²) >= 11 is 15.4. The third kappa shape index (κ3) is 2.03. The van der Waals surface area contributed by atoms with Gasteiger partial charge in [0.1, 0.15) is 10.3 Å². The summed E-state index contributed by atoms with van der Waals surface area (Å²) in [6.07, 6.45) is 0. The molecule has 14 heavy (non-hydrogen) atoms. The number of aromatic nitrogens is 2.